The van der Waals surface area contributed by atoms with E-state index < -0.39 is 0 Å². The van der Waals surface area contributed by atoms with Crippen LogP contribution in [0.15, 0.2) is 24.3 Å². The van der Waals surface area contributed by atoms with Gasteiger partial charge in [-0.25, -0.2) is 0 Å². The summed E-state index contributed by atoms with van der Waals surface area (Å²) < 4.78 is 7.02. The number of benzene rings is 1. The third-order valence-corrected chi connectivity index (χ3v) is 3.08. The second-order valence-electron chi connectivity index (χ2n) is 4.36. The van der Waals surface area contributed by atoms with Gasteiger partial charge in [-0.1, -0.05) is 19.1 Å². The van der Waals surface area contributed by atoms with Crippen LogP contribution in [0.5, 0.6) is 5.75 Å². The zero-order chi connectivity index (χ0) is 13.1. The number of nitrogens with two attached hydrogens (primary N) is 1. The maximum Gasteiger partial charge on any atom is 0.122 e. The molecular formula is C14H19N3O. The molecule has 96 valence electrons. The molecule has 0 amide bonds. The Labute approximate surface area is 107 Å². The molecule has 0 saturated heterocycles. The fourth-order valence-corrected chi connectivity index (χ4v) is 2.06. The Hall–Kier alpha value is -1.97. The summed E-state index contributed by atoms with van der Waals surface area (Å²) >= 11 is 0. The minimum atomic E-state index is 0.689. The highest BCUT2D eigenvalue weighted by Crippen LogP contribution is 2.22. The van der Waals surface area contributed by atoms with Crippen molar-refractivity contribution in [3.8, 4) is 5.75 Å². The molecule has 0 spiro atoms. The normalized spacial score (nSPS) is 10.6. The Bertz CT molecular complexity index is 526. The summed E-state index contributed by atoms with van der Waals surface area (Å²) in [7, 11) is 3.55. The summed E-state index contributed by atoms with van der Waals surface area (Å²) in [6.45, 7) is 2.13. The number of methoxy groups -OCH3 is 1. The van der Waals surface area contributed by atoms with Crippen molar-refractivity contribution in [1.82, 2.24) is 9.78 Å². The van der Waals surface area contributed by atoms with Crippen LogP contribution < -0.4 is 10.5 Å². The maximum absolute atomic E-state index is 5.78. The van der Waals surface area contributed by atoms with Crippen molar-refractivity contribution in [3.63, 3.8) is 0 Å². The van der Waals surface area contributed by atoms with E-state index in [1.165, 1.54) is 11.1 Å². The molecule has 4 nitrogen and oxygen atoms in total. The highest BCUT2D eigenvalue weighted by atomic mass is 16.5. The minimum absolute atomic E-state index is 0.689. The number of rotatable bonds is 4. The molecule has 2 aromatic rings. The lowest BCUT2D eigenvalue weighted by atomic mass is 10.0. The van der Waals surface area contributed by atoms with Crippen molar-refractivity contribution in [2.24, 2.45) is 7.05 Å². The Balaban J connectivity index is 2.24. The van der Waals surface area contributed by atoms with Gasteiger partial charge in [0.05, 0.1) is 12.8 Å². The van der Waals surface area contributed by atoms with Crippen molar-refractivity contribution in [3.05, 3.63) is 41.1 Å². The van der Waals surface area contributed by atoms with Gasteiger partial charge in [0.2, 0.25) is 0 Å². The topological polar surface area (TPSA) is 53.1 Å². The molecule has 0 aliphatic heterocycles. The Morgan fingerprint density at radius 3 is 2.67 bits per heavy atom. The standard InChI is InChI=1S/C14H19N3O/c1-4-11-7-10(5-6-13(11)18-3)8-12-9-14(15)17(2)16-12/h5-7,9H,4,8,15H2,1-3H3. The predicted molar refractivity (Wildman–Crippen MR) is 72.8 cm³/mol. The number of nitrogen functional groups attached to an aromatic ring is 1. The molecule has 0 aliphatic rings. The fourth-order valence-electron chi connectivity index (χ4n) is 2.06. The molecule has 18 heavy (non-hydrogen) atoms. The lowest BCUT2D eigenvalue weighted by Crippen LogP contribution is -1.98. The van der Waals surface area contributed by atoms with E-state index >= 15 is 0 Å². The second kappa shape index (κ2) is 5.12. The third-order valence-electron chi connectivity index (χ3n) is 3.08. The molecule has 0 unspecified atom stereocenters. The molecule has 0 radical (unpaired) electrons. The zero-order valence-corrected chi connectivity index (χ0v) is 11.1. The van der Waals surface area contributed by atoms with E-state index in [0.717, 1.165) is 24.3 Å². The van der Waals surface area contributed by atoms with Crippen molar-refractivity contribution >= 4 is 5.82 Å². The average Bonchev–Trinajstić information content (AvgIpc) is 2.68. The van der Waals surface area contributed by atoms with Crippen LogP contribution >= 0.6 is 0 Å². The van der Waals surface area contributed by atoms with E-state index in [-0.39, 0.29) is 0 Å². The van der Waals surface area contributed by atoms with Crippen molar-refractivity contribution in [1.29, 1.82) is 0 Å². The Kier molecular flexibility index (Phi) is 3.55. The first-order valence-corrected chi connectivity index (χ1v) is 6.08. The highest BCUT2D eigenvalue weighted by Gasteiger charge is 2.06. The first-order chi connectivity index (χ1) is 8.63. The van der Waals surface area contributed by atoms with Crippen LogP contribution in [0.4, 0.5) is 5.82 Å². The predicted octanol–water partition coefficient (Wildman–Crippen LogP) is 2.16. The summed E-state index contributed by atoms with van der Waals surface area (Å²) in [6.07, 6.45) is 1.75. The molecular weight excluding hydrogens is 226 g/mol. The molecule has 1 aromatic heterocycles. The smallest absolute Gasteiger partial charge is 0.122 e. The summed E-state index contributed by atoms with van der Waals surface area (Å²) in [5.74, 6) is 1.64. The van der Waals surface area contributed by atoms with Crippen LogP contribution in [0.25, 0.3) is 0 Å². The lowest BCUT2D eigenvalue weighted by molar-refractivity contribution is 0.410. The molecule has 1 aromatic carbocycles. The van der Waals surface area contributed by atoms with Crippen LogP contribution in [-0.2, 0) is 19.9 Å². The van der Waals surface area contributed by atoms with E-state index in [4.69, 9.17) is 10.5 Å². The van der Waals surface area contributed by atoms with E-state index in [1.807, 2.05) is 19.2 Å². The van der Waals surface area contributed by atoms with Crippen LogP contribution in [0.1, 0.15) is 23.7 Å². The molecule has 0 aliphatic carbocycles. The lowest BCUT2D eigenvalue weighted by Gasteiger charge is -2.08. The monoisotopic (exact) mass is 245 g/mol. The van der Waals surface area contributed by atoms with Crippen molar-refractivity contribution < 1.29 is 4.74 Å². The summed E-state index contributed by atoms with van der Waals surface area (Å²) in [5.41, 5.74) is 9.21. The SMILES string of the molecule is CCc1cc(Cc2cc(N)n(C)n2)ccc1OC. The number of aryl methyl sites for hydroxylation is 2. The fraction of sp³-hybridized carbons (Fsp3) is 0.357. The van der Waals surface area contributed by atoms with Crippen LogP contribution in [0.2, 0.25) is 0 Å². The molecule has 1 heterocycles. The summed E-state index contributed by atoms with van der Waals surface area (Å²) in [5, 5.41) is 4.36. The molecule has 0 bridgehead atoms. The molecule has 0 saturated carbocycles. The van der Waals surface area contributed by atoms with Crippen LogP contribution in [0.3, 0.4) is 0 Å². The second-order valence-corrected chi connectivity index (χ2v) is 4.36. The van der Waals surface area contributed by atoms with Crippen LogP contribution in [0, 0.1) is 0 Å². The third kappa shape index (κ3) is 2.47. The van der Waals surface area contributed by atoms with E-state index in [2.05, 4.69) is 24.2 Å². The quantitative estimate of drug-likeness (QED) is 0.898. The average molecular weight is 245 g/mol. The van der Waals surface area contributed by atoms with Gasteiger partial charge in [0.1, 0.15) is 11.6 Å². The van der Waals surface area contributed by atoms with Gasteiger partial charge in [-0.05, 0) is 23.6 Å². The maximum atomic E-state index is 5.78. The number of ether oxygens (including phenoxy) is 1. The number of nitrogens with zero attached hydrogens (tertiary/aromatic N) is 2. The molecule has 2 rings (SSSR count). The summed E-state index contributed by atoms with van der Waals surface area (Å²) in [6, 6.07) is 8.17. The minimum Gasteiger partial charge on any atom is -0.496 e. The van der Waals surface area contributed by atoms with Gasteiger partial charge in [-0.3, -0.25) is 4.68 Å². The molecule has 0 fully saturated rings. The number of anilines is 1. The van der Waals surface area contributed by atoms with Gasteiger partial charge in [-0.2, -0.15) is 5.10 Å². The first-order valence-electron chi connectivity index (χ1n) is 6.08. The first kappa shape index (κ1) is 12.5. The van der Waals surface area contributed by atoms with Crippen LogP contribution in [-0.4, -0.2) is 16.9 Å². The Morgan fingerprint density at radius 1 is 1.33 bits per heavy atom. The number of hydrogen-bond donors (Lipinski definition) is 1. The molecule has 0 atom stereocenters. The molecule has 4 heteroatoms. The Morgan fingerprint density at radius 2 is 2.11 bits per heavy atom. The van der Waals surface area contributed by atoms with E-state index in [0.29, 0.717) is 5.82 Å². The van der Waals surface area contributed by atoms with Gasteiger partial charge in [0.25, 0.3) is 0 Å². The highest BCUT2D eigenvalue weighted by molar-refractivity contribution is 5.39. The van der Waals surface area contributed by atoms with Gasteiger partial charge in [0.15, 0.2) is 0 Å². The van der Waals surface area contributed by atoms with Gasteiger partial charge in [0, 0.05) is 19.5 Å². The van der Waals surface area contributed by atoms with E-state index in [9.17, 15) is 0 Å². The van der Waals surface area contributed by atoms with Crippen molar-refractivity contribution in [2.75, 3.05) is 12.8 Å². The van der Waals surface area contributed by atoms with Gasteiger partial charge in [-0.15, -0.1) is 0 Å². The van der Waals surface area contributed by atoms with Gasteiger partial charge < -0.3 is 10.5 Å². The largest absolute Gasteiger partial charge is 0.496 e. The number of aromatic nitrogens is 2. The summed E-state index contributed by atoms with van der Waals surface area (Å²) in [4.78, 5) is 0. The van der Waals surface area contributed by atoms with Crippen molar-refractivity contribution in [2.45, 2.75) is 19.8 Å². The number of hydrogen-bond acceptors (Lipinski definition) is 3. The van der Waals surface area contributed by atoms with Gasteiger partial charge >= 0.3 is 0 Å². The zero-order valence-electron chi connectivity index (χ0n) is 11.1. The van der Waals surface area contributed by atoms with E-state index in [1.54, 1.807) is 11.8 Å². The molecule has 2 N–H and O–H groups in total.